The predicted octanol–water partition coefficient (Wildman–Crippen LogP) is 2.58. The molecule has 26 heavy (non-hydrogen) atoms. The second-order valence-electron chi connectivity index (χ2n) is 6.74. The minimum Gasteiger partial charge on any atom is -0.360 e. The fourth-order valence-electron chi connectivity index (χ4n) is 3.31. The van der Waals surface area contributed by atoms with E-state index in [4.69, 9.17) is 23.2 Å². The lowest BCUT2D eigenvalue weighted by Gasteiger charge is -2.33. The molecule has 0 bridgehead atoms. The number of anilines is 1. The smallest absolute Gasteiger partial charge is 0.275 e. The van der Waals surface area contributed by atoms with Crippen LogP contribution in [0.3, 0.4) is 0 Å². The summed E-state index contributed by atoms with van der Waals surface area (Å²) in [5.41, 5.74) is 2.17. The lowest BCUT2D eigenvalue weighted by molar-refractivity contribution is -0.892. The molecule has 1 fully saturated rings. The molecule has 138 valence electrons. The quantitative estimate of drug-likeness (QED) is 0.820. The summed E-state index contributed by atoms with van der Waals surface area (Å²) in [6.07, 6.45) is 0. The SMILES string of the molecule is C[C@@H](NC(=O)C[NH+]1CCN(c2cccc(Cl)c2)CC1)c1cccc(Cl)c1. The van der Waals surface area contributed by atoms with Gasteiger partial charge in [-0.25, -0.2) is 0 Å². The summed E-state index contributed by atoms with van der Waals surface area (Å²) in [6.45, 7) is 6.20. The zero-order valence-corrected chi connectivity index (χ0v) is 16.4. The van der Waals surface area contributed by atoms with Crippen LogP contribution >= 0.6 is 23.2 Å². The number of nitrogens with zero attached hydrogens (tertiary/aromatic N) is 1. The topological polar surface area (TPSA) is 36.8 Å². The highest BCUT2D eigenvalue weighted by atomic mass is 35.5. The highest BCUT2D eigenvalue weighted by Gasteiger charge is 2.23. The summed E-state index contributed by atoms with van der Waals surface area (Å²) >= 11 is 12.1. The normalized spacial score (nSPS) is 16.3. The number of piperazine rings is 1. The van der Waals surface area contributed by atoms with Crippen molar-refractivity contribution < 1.29 is 9.69 Å². The maximum Gasteiger partial charge on any atom is 0.275 e. The van der Waals surface area contributed by atoms with E-state index >= 15 is 0 Å². The second kappa shape index (κ2) is 8.76. The molecule has 0 unspecified atom stereocenters. The molecule has 1 heterocycles. The summed E-state index contributed by atoms with van der Waals surface area (Å²) in [5, 5.41) is 4.51. The van der Waals surface area contributed by atoms with E-state index in [1.807, 2.05) is 49.4 Å². The van der Waals surface area contributed by atoms with Crippen LogP contribution in [0.1, 0.15) is 18.5 Å². The Morgan fingerprint density at radius 3 is 2.42 bits per heavy atom. The number of benzene rings is 2. The lowest BCUT2D eigenvalue weighted by Crippen LogP contribution is -3.15. The molecule has 4 nitrogen and oxygen atoms in total. The van der Waals surface area contributed by atoms with Crippen molar-refractivity contribution in [3.63, 3.8) is 0 Å². The van der Waals surface area contributed by atoms with Gasteiger partial charge in [-0.15, -0.1) is 0 Å². The van der Waals surface area contributed by atoms with E-state index in [1.54, 1.807) is 0 Å². The zero-order chi connectivity index (χ0) is 18.5. The fraction of sp³-hybridized carbons (Fsp3) is 0.350. The molecule has 0 aliphatic carbocycles. The Labute approximate surface area is 164 Å². The number of carbonyl (C=O) groups is 1. The molecule has 1 aliphatic heterocycles. The summed E-state index contributed by atoms with van der Waals surface area (Å²) in [4.78, 5) is 16.0. The number of halogens is 2. The number of amides is 1. The van der Waals surface area contributed by atoms with Crippen LogP contribution in [-0.4, -0.2) is 38.6 Å². The first-order valence-corrected chi connectivity index (χ1v) is 9.66. The summed E-state index contributed by atoms with van der Waals surface area (Å²) in [6, 6.07) is 15.5. The molecule has 0 saturated carbocycles. The Bertz CT molecular complexity index is 760. The van der Waals surface area contributed by atoms with Crippen LogP contribution in [-0.2, 0) is 4.79 Å². The predicted molar refractivity (Wildman–Crippen MR) is 107 cm³/mol. The molecule has 1 aliphatic rings. The first-order chi connectivity index (χ1) is 12.5. The van der Waals surface area contributed by atoms with Crippen molar-refractivity contribution in [3.8, 4) is 0 Å². The zero-order valence-electron chi connectivity index (χ0n) is 14.8. The third-order valence-corrected chi connectivity index (χ3v) is 5.25. The Hall–Kier alpha value is -1.75. The van der Waals surface area contributed by atoms with Crippen LogP contribution in [0.2, 0.25) is 10.0 Å². The van der Waals surface area contributed by atoms with E-state index < -0.39 is 0 Å². The van der Waals surface area contributed by atoms with Gasteiger partial charge in [0.15, 0.2) is 6.54 Å². The van der Waals surface area contributed by atoms with E-state index in [-0.39, 0.29) is 11.9 Å². The van der Waals surface area contributed by atoms with Gasteiger partial charge in [-0.3, -0.25) is 4.79 Å². The Balaban J connectivity index is 1.47. The van der Waals surface area contributed by atoms with Crippen molar-refractivity contribution in [2.45, 2.75) is 13.0 Å². The lowest BCUT2D eigenvalue weighted by atomic mass is 10.1. The van der Waals surface area contributed by atoms with Gasteiger partial charge >= 0.3 is 0 Å². The minimum absolute atomic E-state index is 0.0478. The average molecular weight is 393 g/mol. The number of rotatable bonds is 5. The molecule has 1 atom stereocenters. The van der Waals surface area contributed by atoms with Crippen LogP contribution in [0.15, 0.2) is 48.5 Å². The largest absolute Gasteiger partial charge is 0.360 e. The Morgan fingerprint density at radius 1 is 1.12 bits per heavy atom. The van der Waals surface area contributed by atoms with Gasteiger partial charge in [0.2, 0.25) is 0 Å². The van der Waals surface area contributed by atoms with E-state index in [1.165, 1.54) is 4.90 Å². The fourth-order valence-corrected chi connectivity index (χ4v) is 3.69. The Kier molecular flexibility index (Phi) is 6.41. The van der Waals surface area contributed by atoms with Crippen molar-refractivity contribution in [2.24, 2.45) is 0 Å². The average Bonchev–Trinajstić information content (AvgIpc) is 2.62. The number of carbonyl (C=O) groups excluding carboxylic acids is 1. The number of hydrogen-bond acceptors (Lipinski definition) is 2. The van der Waals surface area contributed by atoms with Crippen molar-refractivity contribution >= 4 is 34.8 Å². The third kappa shape index (κ3) is 5.13. The molecule has 1 amide bonds. The van der Waals surface area contributed by atoms with E-state index in [0.717, 1.165) is 42.5 Å². The molecule has 1 saturated heterocycles. The summed E-state index contributed by atoms with van der Waals surface area (Å²) in [5.74, 6) is 0.0729. The second-order valence-corrected chi connectivity index (χ2v) is 7.61. The molecule has 3 rings (SSSR count). The summed E-state index contributed by atoms with van der Waals surface area (Å²) in [7, 11) is 0. The van der Waals surface area contributed by atoms with Gasteiger partial charge in [0, 0.05) is 15.7 Å². The van der Waals surface area contributed by atoms with Gasteiger partial charge in [-0.1, -0.05) is 41.4 Å². The third-order valence-electron chi connectivity index (χ3n) is 4.78. The number of nitrogens with one attached hydrogen (secondary N) is 2. The molecule has 2 N–H and O–H groups in total. The number of hydrogen-bond donors (Lipinski definition) is 2. The van der Waals surface area contributed by atoms with Gasteiger partial charge in [0.05, 0.1) is 32.2 Å². The van der Waals surface area contributed by atoms with E-state index in [9.17, 15) is 4.79 Å². The van der Waals surface area contributed by atoms with Crippen LogP contribution in [0, 0.1) is 0 Å². The van der Waals surface area contributed by atoms with Gasteiger partial charge in [0.1, 0.15) is 0 Å². The molecule has 0 radical (unpaired) electrons. The van der Waals surface area contributed by atoms with Gasteiger partial charge in [0.25, 0.3) is 5.91 Å². The van der Waals surface area contributed by atoms with Crippen molar-refractivity contribution in [1.29, 1.82) is 0 Å². The van der Waals surface area contributed by atoms with Crippen molar-refractivity contribution in [2.75, 3.05) is 37.6 Å². The van der Waals surface area contributed by atoms with E-state index in [2.05, 4.69) is 16.3 Å². The maximum atomic E-state index is 12.4. The minimum atomic E-state index is -0.0478. The van der Waals surface area contributed by atoms with E-state index in [0.29, 0.717) is 11.6 Å². The van der Waals surface area contributed by atoms with Crippen LogP contribution < -0.4 is 15.1 Å². The van der Waals surface area contributed by atoms with Crippen LogP contribution in [0.5, 0.6) is 0 Å². The van der Waals surface area contributed by atoms with Crippen LogP contribution in [0.25, 0.3) is 0 Å². The molecule has 0 spiro atoms. The van der Waals surface area contributed by atoms with Crippen molar-refractivity contribution in [1.82, 2.24) is 5.32 Å². The van der Waals surface area contributed by atoms with Gasteiger partial charge < -0.3 is 15.1 Å². The highest BCUT2D eigenvalue weighted by Crippen LogP contribution is 2.19. The van der Waals surface area contributed by atoms with Crippen LogP contribution in [0.4, 0.5) is 5.69 Å². The van der Waals surface area contributed by atoms with Gasteiger partial charge in [-0.2, -0.15) is 0 Å². The summed E-state index contributed by atoms with van der Waals surface area (Å²) < 4.78 is 0. The van der Waals surface area contributed by atoms with Gasteiger partial charge in [-0.05, 0) is 42.8 Å². The molecule has 6 heteroatoms. The maximum absolute atomic E-state index is 12.4. The molecular weight excluding hydrogens is 369 g/mol. The molecule has 2 aromatic rings. The first-order valence-electron chi connectivity index (χ1n) is 8.90. The molecular formula is C20H24Cl2N3O+. The molecule has 0 aromatic heterocycles. The Morgan fingerprint density at radius 2 is 1.77 bits per heavy atom. The standard InChI is InChI=1S/C20H23Cl2N3O/c1-15(16-4-2-5-17(21)12-16)23-20(26)14-24-8-10-25(11-9-24)19-7-3-6-18(22)13-19/h2-7,12-13,15H,8-11,14H2,1H3,(H,23,26)/p+1/t15-/m1/s1. The highest BCUT2D eigenvalue weighted by molar-refractivity contribution is 6.31. The molecule has 2 aromatic carbocycles. The first kappa shape index (κ1) is 19.0. The van der Waals surface area contributed by atoms with Crippen molar-refractivity contribution in [3.05, 3.63) is 64.1 Å². The number of quaternary nitrogens is 1. The monoisotopic (exact) mass is 392 g/mol.